The van der Waals surface area contributed by atoms with Crippen LogP contribution in [0.1, 0.15) is 12.5 Å². The minimum atomic E-state index is -4.04. The Balaban J connectivity index is 2.28. The maximum atomic E-state index is 11.5. The first-order valence-corrected chi connectivity index (χ1v) is 7.61. The van der Waals surface area contributed by atoms with Gasteiger partial charge in [-0.25, -0.2) is 4.99 Å². The third kappa shape index (κ3) is 3.10. The molecule has 0 aromatic heterocycles. The van der Waals surface area contributed by atoms with Crippen molar-refractivity contribution in [3.8, 4) is 5.75 Å². The largest absolute Gasteiger partial charge is 0.497 e. The first kappa shape index (κ1) is 15.2. The summed E-state index contributed by atoms with van der Waals surface area (Å²) in [6, 6.07) is 7.20. The van der Waals surface area contributed by atoms with Gasteiger partial charge in [0.05, 0.1) is 7.11 Å². The van der Waals surface area contributed by atoms with E-state index in [2.05, 4.69) is 9.78 Å². The molecule has 0 saturated carbocycles. The van der Waals surface area contributed by atoms with Crippen molar-refractivity contribution in [1.82, 2.24) is 4.31 Å². The number of hydrogen-bond acceptors (Lipinski definition) is 4. The van der Waals surface area contributed by atoms with E-state index in [9.17, 15) is 8.42 Å². The van der Waals surface area contributed by atoms with Gasteiger partial charge in [-0.2, -0.15) is 13.6 Å². The van der Waals surface area contributed by atoms with Crippen LogP contribution in [0.15, 0.2) is 29.3 Å². The van der Waals surface area contributed by atoms with Crippen molar-refractivity contribution >= 4 is 21.8 Å². The summed E-state index contributed by atoms with van der Waals surface area (Å²) in [4.78, 5) is 7.21. The summed E-state index contributed by atoms with van der Waals surface area (Å²) in [5.41, 5.74) is 10.3. The van der Waals surface area contributed by atoms with Crippen LogP contribution in [0.25, 0.3) is 5.53 Å². The molecule has 0 aliphatic carbocycles. The molecule has 0 radical (unpaired) electrons. The Morgan fingerprint density at radius 2 is 2.05 bits per heavy atom. The molecule has 2 rings (SSSR count). The lowest BCUT2D eigenvalue weighted by molar-refractivity contribution is -0.0131. The molecule has 112 valence electrons. The Bertz CT molecular complexity index is 720. The molecule has 9 heteroatoms. The highest BCUT2D eigenvalue weighted by Crippen LogP contribution is 2.18. The molecule has 8 nitrogen and oxygen atoms in total. The van der Waals surface area contributed by atoms with E-state index in [-0.39, 0.29) is 5.84 Å². The molecule has 1 aromatic rings. The van der Waals surface area contributed by atoms with Crippen molar-refractivity contribution in [3.63, 3.8) is 0 Å². The molecule has 2 N–H and O–H groups in total. The number of ether oxygens (including phenoxy) is 1. The van der Waals surface area contributed by atoms with Crippen LogP contribution in [0.3, 0.4) is 0 Å². The molecule has 0 bridgehead atoms. The van der Waals surface area contributed by atoms with Gasteiger partial charge in [0.15, 0.2) is 5.71 Å². The highest BCUT2D eigenvalue weighted by molar-refractivity contribution is 7.87. The van der Waals surface area contributed by atoms with Crippen LogP contribution in [0.5, 0.6) is 5.75 Å². The molecule has 21 heavy (non-hydrogen) atoms. The zero-order chi connectivity index (χ0) is 15.6. The average Bonchev–Trinajstić information content (AvgIpc) is 2.75. The van der Waals surface area contributed by atoms with Gasteiger partial charge in [-0.15, -0.1) is 4.31 Å². The fraction of sp³-hybridized carbons (Fsp3) is 0.333. The number of aliphatic imine (C=N–C) groups is 1. The summed E-state index contributed by atoms with van der Waals surface area (Å²) in [6.07, 6.45) is -0.418. The second-order valence-corrected chi connectivity index (χ2v) is 5.92. The zero-order valence-electron chi connectivity index (χ0n) is 11.6. The molecule has 1 heterocycles. The van der Waals surface area contributed by atoms with Crippen LogP contribution in [0, 0.1) is 0 Å². The van der Waals surface area contributed by atoms with Gasteiger partial charge in [0.1, 0.15) is 5.75 Å². The first-order chi connectivity index (χ1) is 9.86. The van der Waals surface area contributed by atoms with E-state index in [0.29, 0.717) is 17.9 Å². The van der Waals surface area contributed by atoms with Crippen molar-refractivity contribution in [2.24, 2.45) is 10.1 Å². The van der Waals surface area contributed by atoms with Crippen LogP contribution in [0.2, 0.25) is 0 Å². The predicted molar refractivity (Wildman–Crippen MR) is 77.2 cm³/mol. The third-order valence-electron chi connectivity index (χ3n) is 3.05. The highest BCUT2D eigenvalue weighted by Gasteiger charge is 2.44. The summed E-state index contributed by atoms with van der Waals surface area (Å²) in [7, 11) is -2.47. The van der Waals surface area contributed by atoms with E-state index in [1.54, 1.807) is 26.2 Å². The molecule has 0 saturated heterocycles. The van der Waals surface area contributed by atoms with Crippen LogP contribution >= 0.6 is 0 Å². The Morgan fingerprint density at radius 3 is 2.52 bits per heavy atom. The van der Waals surface area contributed by atoms with E-state index in [4.69, 9.17) is 15.4 Å². The number of methoxy groups -OCH3 is 1. The number of rotatable bonds is 4. The predicted octanol–water partition coefficient (Wildman–Crippen LogP) is 0.172. The standard InChI is InChI=1S/C12H15N5O3S/c1-8-15-11(12(16-13)17(8)21(14,18)19)7-9-3-5-10(20-2)6-4-9/h3-6,8H,7H2,1-2H3,(H2,14,18,19). The fourth-order valence-electron chi connectivity index (χ4n) is 2.14. The number of benzene rings is 1. The molecule has 0 spiro atoms. The fourth-order valence-corrected chi connectivity index (χ4v) is 2.99. The summed E-state index contributed by atoms with van der Waals surface area (Å²) in [5.74, 6) is 0.559. The van der Waals surface area contributed by atoms with Gasteiger partial charge in [0.2, 0.25) is 6.17 Å². The van der Waals surface area contributed by atoms with Crippen molar-refractivity contribution in [2.45, 2.75) is 19.5 Å². The maximum absolute atomic E-state index is 11.5. The van der Waals surface area contributed by atoms with E-state index in [1.807, 2.05) is 12.1 Å². The van der Waals surface area contributed by atoms with Crippen LogP contribution < -0.4 is 9.88 Å². The minimum absolute atomic E-state index is 0.152. The number of nitrogens with zero attached hydrogens (tertiary/aromatic N) is 4. The van der Waals surface area contributed by atoms with Crippen LogP contribution in [-0.2, 0) is 16.6 Å². The summed E-state index contributed by atoms with van der Waals surface area (Å²) in [5, 5.41) is 5.11. The van der Waals surface area contributed by atoms with Gasteiger partial charge in [-0.05, 0) is 24.6 Å². The molecule has 1 aliphatic rings. The van der Waals surface area contributed by atoms with Crippen molar-refractivity contribution in [2.75, 3.05) is 7.11 Å². The first-order valence-electron chi connectivity index (χ1n) is 6.11. The third-order valence-corrected chi connectivity index (χ3v) is 4.07. The topological polar surface area (TPSA) is 121 Å². The summed E-state index contributed by atoms with van der Waals surface area (Å²) in [6.45, 7) is 1.55. The van der Waals surface area contributed by atoms with Crippen molar-refractivity contribution < 1.29 is 17.9 Å². The Labute approximate surface area is 122 Å². The van der Waals surface area contributed by atoms with Gasteiger partial charge in [-0.1, -0.05) is 12.1 Å². The average molecular weight is 309 g/mol. The van der Waals surface area contributed by atoms with Crippen LogP contribution in [-0.4, -0.2) is 42.3 Å². The van der Waals surface area contributed by atoms with Crippen LogP contribution in [0.4, 0.5) is 0 Å². The Hall–Kier alpha value is -2.22. The summed E-state index contributed by atoms with van der Waals surface area (Å²) >= 11 is 0. The maximum Gasteiger partial charge on any atom is 0.394 e. The van der Waals surface area contributed by atoms with E-state index in [0.717, 1.165) is 9.87 Å². The molecule has 0 fully saturated rings. The number of amidine groups is 1. The zero-order valence-corrected chi connectivity index (χ0v) is 12.4. The quantitative estimate of drug-likeness (QED) is 0.630. The normalized spacial score (nSPS) is 18.4. The van der Waals surface area contributed by atoms with Crippen molar-refractivity contribution in [3.05, 3.63) is 35.4 Å². The van der Waals surface area contributed by atoms with Crippen molar-refractivity contribution in [1.29, 1.82) is 0 Å². The van der Waals surface area contributed by atoms with Gasteiger partial charge < -0.3 is 15.1 Å². The molecule has 0 amide bonds. The molecular weight excluding hydrogens is 294 g/mol. The Kier molecular flexibility index (Phi) is 4.08. The molecule has 1 unspecified atom stereocenters. The Morgan fingerprint density at radius 1 is 1.43 bits per heavy atom. The second-order valence-electron chi connectivity index (χ2n) is 4.50. The SMILES string of the molecule is COc1ccc(CC2=NC(C)N(S(N)(=O)=O)C2=[N+]=[N-])cc1. The van der Waals surface area contributed by atoms with Gasteiger partial charge >= 0.3 is 16.0 Å². The van der Waals surface area contributed by atoms with E-state index in [1.165, 1.54) is 0 Å². The minimum Gasteiger partial charge on any atom is -0.497 e. The lowest BCUT2D eigenvalue weighted by atomic mass is 10.1. The monoisotopic (exact) mass is 309 g/mol. The van der Waals surface area contributed by atoms with Gasteiger partial charge in [0.25, 0.3) is 0 Å². The smallest absolute Gasteiger partial charge is 0.394 e. The highest BCUT2D eigenvalue weighted by atomic mass is 32.2. The molecular formula is C12H15N5O3S. The lowest BCUT2D eigenvalue weighted by Gasteiger charge is -2.09. The number of nitrogens with two attached hydrogens (primary N) is 1. The lowest BCUT2D eigenvalue weighted by Crippen LogP contribution is -2.44. The summed E-state index contributed by atoms with van der Waals surface area (Å²) < 4.78 is 28.9. The molecule has 1 aromatic carbocycles. The molecule has 1 aliphatic heterocycles. The van der Waals surface area contributed by atoms with E-state index >= 15 is 0 Å². The van der Waals surface area contributed by atoms with E-state index < -0.39 is 16.4 Å². The van der Waals surface area contributed by atoms with Gasteiger partial charge in [0, 0.05) is 6.42 Å². The second kappa shape index (κ2) is 5.65. The number of hydrogen-bond donors (Lipinski definition) is 1. The van der Waals surface area contributed by atoms with Gasteiger partial charge in [-0.3, -0.25) is 0 Å². The molecule has 1 atom stereocenters.